The molecule has 17 heavy (non-hydrogen) atoms. The number of hydrogen-bond acceptors (Lipinski definition) is 1. The summed E-state index contributed by atoms with van der Waals surface area (Å²) in [6.45, 7) is 2.15. The topological polar surface area (TPSA) is 12.0 Å². The standard InChI is InChI=1S/C15H20BrN/c1-11-7-6-10-13(14(11)16)15(17-2)12-8-4-3-5-9-12/h6-8,10,15,17H,3-5,9H2,1-2H3. The lowest BCUT2D eigenvalue weighted by atomic mass is 9.89. The van der Waals surface area contributed by atoms with Crippen molar-refractivity contribution in [1.29, 1.82) is 0 Å². The second kappa shape index (κ2) is 5.83. The molecule has 0 radical (unpaired) electrons. The molecule has 0 spiro atoms. The van der Waals surface area contributed by atoms with Crippen molar-refractivity contribution in [2.24, 2.45) is 0 Å². The van der Waals surface area contributed by atoms with Crippen LogP contribution in [-0.4, -0.2) is 7.05 Å². The molecule has 0 aromatic heterocycles. The van der Waals surface area contributed by atoms with E-state index in [1.165, 1.54) is 41.3 Å². The van der Waals surface area contributed by atoms with Gasteiger partial charge in [-0.1, -0.05) is 45.8 Å². The van der Waals surface area contributed by atoms with Crippen molar-refractivity contribution in [3.8, 4) is 0 Å². The van der Waals surface area contributed by atoms with E-state index in [-0.39, 0.29) is 0 Å². The molecular formula is C15H20BrN. The smallest absolute Gasteiger partial charge is 0.0544 e. The van der Waals surface area contributed by atoms with Gasteiger partial charge in [0.15, 0.2) is 0 Å². The van der Waals surface area contributed by atoms with E-state index in [1.807, 2.05) is 0 Å². The molecule has 2 heteroatoms. The van der Waals surface area contributed by atoms with Crippen LogP contribution in [0.2, 0.25) is 0 Å². The largest absolute Gasteiger partial charge is 0.310 e. The van der Waals surface area contributed by atoms with Crippen LogP contribution in [0.5, 0.6) is 0 Å². The van der Waals surface area contributed by atoms with Crippen molar-refractivity contribution in [3.63, 3.8) is 0 Å². The summed E-state index contributed by atoms with van der Waals surface area (Å²) in [5, 5.41) is 3.46. The molecule has 0 heterocycles. The van der Waals surface area contributed by atoms with Crippen LogP contribution in [0.25, 0.3) is 0 Å². The maximum absolute atomic E-state index is 3.72. The van der Waals surface area contributed by atoms with Crippen LogP contribution in [0.3, 0.4) is 0 Å². The molecule has 1 aromatic carbocycles. The molecule has 1 N–H and O–H groups in total. The maximum Gasteiger partial charge on any atom is 0.0544 e. The van der Waals surface area contributed by atoms with E-state index in [9.17, 15) is 0 Å². The molecule has 92 valence electrons. The Morgan fingerprint density at radius 2 is 2.12 bits per heavy atom. The number of aryl methyl sites for hydroxylation is 1. The molecule has 0 saturated carbocycles. The predicted molar refractivity (Wildman–Crippen MR) is 77.2 cm³/mol. The maximum atomic E-state index is 3.72. The van der Waals surface area contributed by atoms with Gasteiger partial charge in [-0.05, 0) is 50.8 Å². The van der Waals surface area contributed by atoms with Crippen molar-refractivity contribution in [2.45, 2.75) is 38.6 Å². The van der Waals surface area contributed by atoms with E-state index in [0.29, 0.717) is 6.04 Å². The quantitative estimate of drug-likeness (QED) is 0.808. The van der Waals surface area contributed by atoms with Gasteiger partial charge in [-0.3, -0.25) is 0 Å². The zero-order valence-corrected chi connectivity index (χ0v) is 12.2. The first-order chi connectivity index (χ1) is 8.24. The highest BCUT2D eigenvalue weighted by atomic mass is 79.9. The minimum absolute atomic E-state index is 0.365. The number of nitrogens with one attached hydrogen (secondary N) is 1. The average Bonchev–Trinajstić information content (AvgIpc) is 2.37. The first-order valence-electron chi connectivity index (χ1n) is 6.35. The van der Waals surface area contributed by atoms with Gasteiger partial charge in [0.2, 0.25) is 0 Å². The number of halogens is 1. The van der Waals surface area contributed by atoms with Gasteiger partial charge in [-0.25, -0.2) is 0 Å². The van der Waals surface area contributed by atoms with Gasteiger partial charge in [-0.15, -0.1) is 0 Å². The highest BCUT2D eigenvalue weighted by molar-refractivity contribution is 9.10. The van der Waals surface area contributed by atoms with E-state index in [4.69, 9.17) is 0 Å². The molecule has 0 bridgehead atoms. The SMILES string of the molecule is CNC(C1=CCCCC1)c1cccc(C)c1Br. The Morgan fingerprint density at radius 1 is 1.29 bits per heavy atom. The second-order valence-electron chi connectivity index (χ2n) is 4.72. The molecule has 1 unspecified atom stereocenters. The highest BCUT2D eigenvalue weighted by Gasteiger charge is 2.19. The molecule has 0 fully saturated rings. The van der Waals surface area contributed by atoms with Gasteiger partial charge in [-0.2, -0.15) is 0 Å². The van der Waals surface area contributed by atoms with Crippen molar-refractivity contribution in [2.75, 3.05) is 7.05 Å². The van der Waals surface area contributed by atoms with Gasteiger partial charge in [0.1, 0.15) is 0 Å². The number of allylic oxidation sites excluding steroid dienone is 1. The molecule has 2 rings (SSSR count). The van der Waals surface area contributed by atoms with Crippen LogP contribution in [0, 0.1) is 6.92 Å². The molecule has 1 aromatic rings. The van der Waals surface area contributed by atoms with Crippen molar-refractivity contribution < 1.29 is 0 Å². The Morgan fingerprint density at radius 3 is 2.76 bits per heavy atom. The number of likely N-dealkylation sites (N-methyl/N-ethyl adjacent to an activating group) is 1. The number of benzene rings is 1. The highest BCUT2D eigenvalue weighted by Crippen LogP contribution is 2.34. The van der Waals surface area contributed by atoms with Crippen molar-refractivity contribution >= 4 is 15.9 Å². The molecule has 0 aliphatic heterocycles. The molecule has 1 aliphatic carbocycles. The lowest BCUT2D eigenvalue weighted by Crippen LogP contribution is -2.20. The van der Waals surface area contributed by atoms with Gasteiger partial charge < -0.3 is 5.32 Å². The molecule has 0 amide bonds. The summed E-state index contributed by atoms with van der Waals surface area (Å²) in [6, 6.07) is 6.87. The summed E-state index contributed by atoms with van der Waals surface area (Å²) in [7, 11) is 2.05. The summed E-state index contributed by atoms with van der Waals surface area (Å²) in [4.78, 5) is 0. The third kappa shape index (κ3) is 2.80. The first-order valence-corrected chi connectivity index (χ1v) is 7.14. The van der Waals surface area contributed by atoms with Crippen LogP contribution in [0.4, 0.5) is 0 Å². The normalized spacial score (nSPS) is 17.7. The van der Waals surface area contributed by atoms with E-state index < -0.39 is 0 Å². The van der Waals surface area contributed by atoms with E-state index >= 15 is 0 Å². The summed E-state index contributed by atoms with van der Waals surface area (Å²) in [5.41, 5.74) is 4.21. The third-order valence-electron chi connectivity index (χ3n) is 3.52. The molecule has 1 aliphatic rings. The van der Waals surface area contributed by atoms with E-state index in [1.54, 1.807) is 5.57 Å². The first kappa shape index (κ1) is 12.8. The van der Waals surface area contributed by atoms with E-state index in [2.05, 4.69) is 59.5 Å². The minimum Gasteiger partial charge on any atom is -0.310 e. The zero-order chi connectivity index (χ0) is 12.3. The summed E-state index contributed by atoms with van der Waals surface area (Å²) in [5.74, 6) is 0. The fourth-order valence-corrected chi connectivity index (χ4v) is 3.05. The Hall–Kier alpha value is -0.600. The molecule has 0 saturated heterocycles. The van der Waals surface area contributed by atoms with Crippen LogP contribution >= 0.6 is 15.9 Å². The Kier molecular flexibility index (Phi) is 4.41. The molecule has 1 nitrogen and oxygen atoms in total. The van der Waals surface area contributed by atoms with Gasteiger partial charge in [0.25, 0.3) is 0 Å². The Bertz CT molecular complexity index is 423. The fourth-order valence-electron chi connectivity index (χ4n) is 2.56. The predicted octanol–water partition coefficient (Wildman–Crippen LogP) is 4.52. The average molecular weight is 294 g/mol. The molecular weight excluding hydrogens is 274 g/mol. The summed E-state index contributed by atoms with van der Waals surface area (Å²) >= 11 is 3.72. The van der Waals surface area contributed by atoms with Crippen LogP contribution in [0.1, 0.15) is 42.9 Å². The van der Waals surface area contributed by atoms with Gasteiger partial charge in [0, 0.05) is 4.47 Å². The minimum atomic E-state index is 0.365. The summed E-state index contributed by atoms with van der Waals surface area (Å²) in [6.07, 6.45) is 7.55. The van der Waals surface area contributed by atoms with Crippen LogP contribution in [0.15, 0.2) is 34.3 Å². The van der Waals surface area contributed by atoms with Crippen LogP contribution < -0.4 is 5.32 Å². The van der Waals surface area contributed by atoms with Crippen LogP contribution in [-0.2, 0) is 0 Å². The van der Waals surface area contributed by atoms with E-state index in [0.717, 1.165) is 0 Å². The Balaban J connectivity index is 2.34. The van der Waals surface area contributed by atoms with Crippen molar-refractivity contribution in [1.82, 2.24) is 5.32 Å². The fraction of sp³-hybridized carbons (Fsp3) is 0.467. The summed E-state index contributed by atoms with van der Waals surface area (Å²) < 4.78 is 1.24. The monoisotopic (exact) mass is 293 g/mol. The lowest BCUT2D eigenvalue weighted by molar-refractivity contribution is 0.591. The lowest BCUT2D eigenvalue weighted by Gasteiger charge is -2.24. The Labute approximate surface area is 112 Å². The third-order valence-corrected chi connectivity index (χ3v) is 4.60. The van der Waals surface area contributed by atoms with Crippen molar-refractivity contribution in [3.05, 3.63) is 45.4 Å². The van der Waals surface area contributed by atoms with Gasteiger partial charge in [0.05, 0.1) is 6.04 Å². The van der Waals surface area contributed by atoms with Gasteiger partial charge >= 0.3 is 0 Å². The second-order valence-corrected chi connectivity index (χ2v) is 5.52. The number of hydrogen-bond donors (Lipinski definition) is 1. The zero-order valence-electron chi connectivity index (χ0n) is 10.6. The number of rotatable bonds is 3. The molecule has 1 atom stereocenters.